The SMILES string of the molecule is CCCCCCCCCCCCCC/C=C\CCCCCCCCCCCCC(=O)NC(COC1OC(CO)C(O)C(OS(=O)(=O)O)C1O)C(O)/C=C/CCCCCCCCCCCCCCCCCCCCC. The van der Waals surface area contributed by atoms with E-state index in [4.69, 9.17) is 9.47 Å². The second-order valence-corrected chi connectivity index (χ2v) is 23.0. The maximum absolute atomic E-state index is 13.2. The second-order valence-electron chi connectivity index (χ2n) is 22.0. The van der Waals surface area contributed by atoms with Crippen LogP contribution in [0.2, 0.25) is 0 Å². The van der Waals surface area contributed by atoms with Gasteiger partial charge >= 0.3 is 10.4 Å². The van der Waals surface area contributed by atoms with Crippen LogP contribution in [0.4, 0.5) is 0 Å². The zero-order valence-electron chi connectivity index (χ0n) is 47.7. The summed E-state index contributed by atoms with van der Waals surface area (Å²) < 4.78 is 47.9. The number of amides is 1. The molecule has 6 N–H and O–H groups in total. The molecule has 0 aromatic rings. The summed E-state index contributed by atoms with van der Waals surface area (Å²) in [5.41, 5.74) is 0. The molecule has 13 heteroatoms. The maximum atomic E-state index is 13.2. The van der Waals surface area contributed by atoms with Gasteiger partial charge in [-0.3, -0.25) is 9.35 Å². The van der Waals surface area contributed by atoms with Crippen LogP contribution >= 0.6 is 0 Å². The Morgan fingerprint density at radius 2 is 0.865 bits per heavy atom. The third kappa shape index (κ3) is 42.6. The molecule has 0 aromatic heterocycles. The van der Waals surface area contributed by atoms with Gasteiger partial charge in [-0.15, -0.1) is 0 Å². The first-order valence-corrected chi connectivity index (χ1v) is 32.6. The van der Waals surface area contributed by atoms with Gasteiger partial charge in [0.15, 0.2) is 6.29 Å². The van der Waals surface area contributed by atoms with E-state index in [1.807, 2.05) is 6.08 Å². The minimum Gasteiger partial charge on any atom is -0.394 e. The van der Waals surface area contributed by atoms with Gasteiger partial charge in [-0.05, 0) is 44.9 Å². The zero-order valence-corrected chi connectivity index (χ0v) is 48.5. The number of nitrogens with one attached hydrogen (secondary N) is 1. The lowest BCUT2D eigenvalue weighted by Crippen LogP contribution is -2.61. The molecule has 1 heterocycles. The number of unbranched alkanes of at least 4 members (excludes halogenated alkanes) is 41. The number of ether oxygens (including phenoxy) is 2. The molecular formula is C61H117NO11S. The predicted molar refractivity (Wildman–Crippen MR) is 305 cm³/mol. The van der Waals surface area contributed by atoms with Crippen molar-refractivity contribution in [3.8, 4) is 0 Å². The van der Waals surface area contributed by atoms with Gasteiger partial charge in [0.05, 0.1) is 25.4 Å². The van der Waals surface area contributed by atoms with Crippen molar-refractivity contribution in [3.63, 3.8) is 0 Å². The molecule has 12 nitrogen and oxygen atoms in total. The summed E-state index contributed by atoms with van der Waals surface area (Å²) in [7, 11) is -5.09. The normalized spacial score (nSPS) is 19.3. The Balaban J connectivity index is 2.33. The van der Waals surface area contributed by atoms with Crippen molar-refractivity contribution in [1.29, 1.82) is 0 Å². The minimum absolute atomic E-state index is 0.259. The number of aliphatic hydroxyl groups is 4. The molecule has 0 aliphatic carbocycles. The van der Waals surface area contributed by atoms with Gasteiger partial charge < -0.3 is 35.2 Å². The van der Waals surface area contributed by atoms with E-state index in [0.717, 1.165) is 38.5 Å². The van der Waals surface area contributed by atoms with Crippen molar-refractivity contribution in [2.24, 2.45) is 0 Å². The van der Waals surface area contributed by atoms with E-state index in [9.17, 15) is 38.2 Å². The average molecular weight is 1070 g/mol. The van der Waals surface area contributed by atoms with Gasteiger partial charge in [0.2, 0.25) is 5.91 Å². The lowest BCUT2D eigenvalue weighted by atomic mass is 9.99. The summed E-state index contributed by atoms with van der Waals surface area (Å²) in [6.45, 7) is 3.44. The third-order valence-electron chi connectivity index (χ3n) is 15.0. The number of hydrogen-bond donors (Lipinski definition) is 6. The first-order valence-electron chi connectivity index (χ1n) is 31.2. The fourth-order valence-electron chi connectivity index (χ4n) is 10.2. The van der Waals surface area contributed by atoms with Crippen LogP contribution in [0.5, 0.6) is 0 Å². The first kappa shape index (κ1) is 70.6. The fourth-order valence-corrected chi connectivity index (χ4v) is 10.7. The molecule has 1 aliphatic rings. The van der Waals surface area contributed by atoms with Crippen molar-refractivity contribution in [2.75, 3.05) is 13.2 Å². The van der Waals surface area contributed by atoms with Crippen LogP contribution in [0.25, 0.3) is 0 Å². The van der Waals surface area contributed by atoms with Gasteiger partial charge in [0, 0.05) is 6.42 Å². The van der Waals surface area contributed by atoms with E-state index < -0.39 is 59.9 Å². The molecule has 1 fully saturated rings. The quantitative estimate of drug-likeness (QED) is 0.0193. The lowest BCUT2D eigenvalue weighted by Gasteiger charge is -2.41. The third-order valence-corrected chi connectivity index (χ3v) is 15.4. The van der Waals surface area contributed by atoms with Gasteiger partial charge in [0.25, 0.3) is 0 Å². The standard InChI is InChI=1S/C61H117NO11S/c1-3-5-7-9-11-13-15-17-19-21-23-25-26-27-28-29-31-33-35-37-39-41-43-45-47-49-51-57(65)62-54(53-71-61-59(67)60(73-74(68,69)70)58(66)56(52-63)72-61)55(64)50-48-46-44-42-40-38-36-34-32-30-24-22-20-18-16-14-12-10-8-6-4-2/h27-28,48,50,54-56,58-61,63-64,66-67H,3-26,29-47,49,51-53H2,1-2H3,(H,62,65)(H,68,69,70)/b28-27-,50-48+. The second kappa shape index (κ2) is 51.0. The summed E-state index contributed by atoms with van der Waals surface area (Å²) in [5, 5.41) is 45.1. The Morgan fingerprint density at radius 1 is 0.527 bits per heavy atom. The molecule has 7 unspecified atom stereocenters. The van der Waals surface area contributed by atoms with E-state index >= 15 is 0 Å². The number of carbonyl (C=O) groups is 1. The molecule has 1 saturated heterocycles. The summed E-state index contributed by atoms with van der Waals surface area (Å²) in [6.07, 6.45) is 55.1. The van der Waals surface area contributed by atoms with Crippen molar-refractivity contribution in [1.82, 2.24) is 5.32 Å². The number of carbonyl (C=O) groups excluding carboxylic acids is 1. The van der Waals surface area contributed by atoms with Crippen LogP contribution in [-0.2, 0) is 28.9 Å². The highest BCUT2D eigenvalue weighted by Gasteiger charge is 2.48. The number of aliphatic hydroxyl groups excluding tert-OH is 4. The van der Waals surface area contributed by atoms with Crippen LogP contribution in [0, 0.1) is 0 Å². The summed E-state index contributed by atoms with van der Waals surface area (Å²) >= 11 is 0. The molecule has 0 aromatic carbocycles. The van der Waals surface area contributed by atoms with Crippen molar-refractivity contribution >= 4 is 16.3 Å². The highest BCUT2D eigenvalue weighted by atomic mass is 32.3. The molecule has 1 rings (SSSR count). The van der Waals surface area contributed by atoms with Gasteiger partial charge in [-0.1, -0.05) is 276 Å². The fraction of sp³-hybridized carbons (Fsp3) is 0.918. The molecule has 438 valence electrons. The topological polar surface area (TPSA) is 192 Å². The van der Waals surface area contributed by atoms with E-state index in [1.54, 1.807) is 6.08 Å². The smallest absolute Gasteiger partial charge is 0.394 e. The lowest BCUT2D eigenvalue weighted by molar-refractivity contribution is -0.298. The maximum Gasteiger partial charge on any atom is 0.397 e. The Hall–Kier alpha value is -1.42. The molecule has 74 heavy (non-hydrogen) atoms. The van der Waals surface area contributed by atoms with Crippen LogP contribution in [0.15, 0.2) is 24.3 Å². The van der Waals surface area contributed by atoms with E-state index in [1.165, 1.54) is 238 Å². The molecule has 7 atom stereocenters. The molecular weight excluding hydrogens is 955 g/mol. The van der Waals surface area contributed by atoms with Crippen LogP contribution in [0.1, 0.15) is 303 Å². The molecule has 0 saturated carbocycles. The number of allylic oxidation sites excluding steroid dienone is 3. The zero-order chi connectivity index (χ0) is 54.0. The van der Waals surface area contributed by atoms with E-state index in [2.05, 4.69) is 35.5 Å². The van der Waals surface area contributed by atoms with Gasteiger partial charge in [-0.2, -0.15) is 8.42 Å². The Morgan fingerprint density at radius 3 is 1.22 bits per heavy atom. The average Bonchev–Trinajstić information content (AvgIpc) is 3.38. The molecule has 0 spiro atoms. The Labute approximate surface area is 454 Å². The van der Waals surface area contributed by atoms with Crippen LogP contribution < -0.4 is 5.32 Å². The molecule has 0 radical (unpaired) electrons. The minimum atomic E-state index is -5.09. The monoisotopic (exact) mass is 1070 g/mol. The first-order chi connectivity index (χ1) is 36.0. The number of rotatable bonds is 55. The van der Waals surface area contributed by atoms with Crippen molar-refractivity contribution in [3.05, 3.63) is 24.3 Å². The largest absolute Gasteiger partial charge is 0.397 e. The predicted octanol–water partition coefficient (Wildman–Crippen LogP) is 15.2. The Bertz CT molecular complexity index is 1400. The van der Waals surface area contributed by atoms with E-state index in [-0.39, 0.29) is 18.9 Å². The van der Waals surface area contributed by atoms with Crippen molar-refractivity contribution < 1.29 is 51.8 Å². The summed E-state index contributed by atoms with van der Waals surface area (Å²) in [6, 6.07) is -0.944. The molecule has 0 bridgehead atoms. The van der Waals surface area contributed by atoms with Crippen molar-refractivity contribution in [2.45, 2.75) is 346 Å². The Kier molecular flexibility index (Phi) is 48.7. The summed E-state index contributed by atoms with van der Waals surface area (Å²) in [4.78, 5) is 13.2. The van der Waals surface area contributed by atoms with Gasteiger partial charge in [-0.25, -0.2) is 4.18 Å². The van der Waals surface area contributed by atoms with Crippen LogP contribution in [0.3, 0.4) is 0 Å². The van der Waals surface area contributed by atoms with Crippen LogP contribution in [-0.4, -0.2) is 95.4 Å². The highest BCUT2D eigenvalue weighted by molar-refractivity contribution is 7.80. The summed E-state index contributed by atoms with van der Waals surface area (Å²) in [5.74, 6) is -0.259. The molecule has 1 aliphatic heterocycles. The van der Waals surface area contributed by atoms with Gasteiger partial charge in [0.1, 0.15) is 24.4 Å². The number of hydrogen-bond acceptors (Lipinski definition) is 10. The molecule has 1 amide bonds. The van der Waals surface area contributed by atoms with E-state index in [0.29, 0.717) is 6.42 Å². The highest BCUT2D eigenvalue weighted by Crippen LogP contribution is 2.26.